The van der Waals surface area contributed by atoms with Crippen molar-refractivity contribution in [3.8, 4) is 0 Å². The van der Waals surface area contributed by atoms with Crippen molar-refractivity contribution in [2.45, 2.75) is 0 Å². The summed E-state index contributed by atoms with van der Waals surface area (Å²) in [5.41, 5.74) is 2.04. The van der Waals surface area contributed by atoms with Crippen molar-refractivity contribution >= 4 is 44.0 Å². The molecule has 0 radical (unpaired) electrons. The largest absolute Gasteiger partial charge is 0.332 e. The van der Waals surface area contributed by atoms with Crippen LogP contribution in [0.3, 0.4) is 0 Å². The fraction of sp³-hybridized carbons (Fsp3) is 0.111. The standard InChI is InChI=1S/C18H12N6O2/c1-23-16-15(17(25)24(2)18(23)26)21-13-9-5-3-7-19-11(9)12-10(14(13)22-16)6-4-8-20-12/h3-8H,1-2H3. The summed E-state index contributed by atoms with van der Waals surface area (Å²) in [6.07, 6.45) is 3.39. The molecule has 0 spiro atoms. The molecule has 8 nitrogen and oxygen atoms in total. The lowest BCUT2D eigenvalue weighted by molar-refractivity contribution is 0.706. The van der Waals surface area contributed by atoms with Gasteiger partial charge in [-0.05, 0) is 24.3 Å². The Bertz CT molecular complexity index is 1500. The maximum atomic E-state index is 12.6. The molecule has 0 aliphatic rings. The Morgan fingerprint density at radius 1 is 0.731 bits per heavy atom. The first kappa shape index (κ1) is 14.6. The quantitative estimate of drug-likeness (QED) is 0.310. The van der Waals surface area contributed by atoms with Crippen molar-refractivity contribution < 1.29 is 0 Å². The van der Waals surface area contributed by atoms with Crippen molar-refractivity contribution in [1.29, 1.82) is 0 Å². The van der Waals surface area contributed by atoms with Crippen LogP contribution >= 0.6 is 0 Å². The average molecular weight is 344 g/mol. The molecule has 0 saturated carbocycles. The van der Waals surface area contributed by atoms with Crippen LogP contribution in [0.25, 0.3) is 44.0 Å². The summed E-state index contributed by atoms with van der Waals surface area (Å²) in [6.45, 7) is 0. The molecule has 1 aromatic carbocycles. The second-order valence-corrected chi connectivity index (χ2v) is 6.10. The van der Waals surface area contributed by atoms with Crippen LogP contribution in [0.4, 0.5) is 0 Å². The van der Waals surface area contributed by atoms with Gasteiger partial charge in [0.2, 0.25) is 0 Å². The summed E-state index contributed by atoms with van der Waals surface area (Å²) in [5.74, 6) is 0. The lowest BCUT2D eigenvalue weighted by Crippen LogP contribution is -2.37. The van der Waals surface area contributed by atoms with Gasteiger partial charge in [0.05, 0.1) is 16.6 Å². The minimum Gasteiger partial charge on any atom is -0.279 e. The first-order valence-electron chi connectivity index (χ1n) is 7.97. The van der Waals surface area contributed by atoms with Crippen molar-refractivity contribution in [3.05, 3.63) is 57.5 Å². The maximum Gasteiger partial charge on any atom is 0.332 e. The van der Waals surface area contributed by atoms with E-state index in [1.54, 1.807) is 25.5 Å². The Morgan fingerprint density at radius 3 is 1.92 bits per heavy atom. The predicted molar refractivity (Wildman–Crippen MR) is 98.1 cm³/mol. The number of aromatic nitrogens is 6. The highest BCUT2D eigenvalue weighted by molar-refractivity contribution is 6.21. The summed E-state index contributed by atoms with van der Waals surface area (Å²) in [6, 6.07) is 7.39. The third-order valence-electron chi connectivity index (χ3n) is 4.63. The minimum atomic E-state index is -0.471. The summed E-state index contributed by atoms with van der Waals surface area (Å²) < 4.78 is 2.37. The monoisotopic (exact) mass is 344 g/mol. The zero-order valence-electron chi connectivity index (χ0n) is 14.0. The van der Waals surface area contributed by atoms with E-state index in [4.69, 9.17) is 0 Å². The van der Waals surface area contributed by atoms with Crippen LogP contribution in [0, 0.1) is 0 Å². The normalized spacial score (nSPS) is 11.8. The smallest absolute Gasteiger partial charge is 0.279 e. The zero-order chi connectivity index (χ0) is 18.0. The van der Waals surface area contributed by atoms with Gasteiger partial charge in [-0.15, -0.1) is 0 Å². The maximum absolute atomic E-state index is 12.6. The molecule has 126 valence electrons. The summed E-state index contributed by atoms with van der Waals surface area (Å²) in [7, 11) is 3.01. The number of rotatable bonds is 0. The first-order chi connectivity index (χ1) is 12.6. The van der Waals surface area contributed by atoms with E-state index >= 15 is 0 Å². The molecule has 0 aliphatic carbocycles. The Kier molecular flexibility index (Phi) is 2.77. The molecule has 26 heavy (non-hydrogen) atoms. The number of nitrogens with zero attached hydrogens (tertiary/aromatic N) is 6. The van der Waals surface area contributed by atoms with Crippen LogP contribution < -0.4 is 11.2 Å². The molecular formula is C18H12N6O2. The van der Waals surface area contributed by atoms with Crippen LogP contribution in [0.15, 0.2) is 46.2 Å². The van der Waals surface area contributed by atoms with Gasteiger partial charge in [0.1, 0.15) is 5.52 Å². The molecule has 0 fully saturated rings. The second-order valence-electron chi connectivity index (χ2n) is 6.10. The van der Waals surface area contributed by atoms with Gasteiger partial charge in [0.15, 0.2) is 11.2 Å². The van der Waals surface area contributed by atoms with E-state index in [-0.39, 0.29) is 11.2 Å². The predicted octanol–water partition coefficient (Wildman–Crippen LogP) is 1.28. The van der Waals surface area contributed by atoms with E-state index in [0.717, 1.165) is 15.3 Å². The summed E-state index contributed by atoms with van der Waals surface area (Å²) >= 11 is 0. The van der Waals surface area contributed by atoms with Gasteiger partial charge >= 0.3 is 5.69 Å². The Balaban J connectivity index is 2.19. The van der Waals surface area contributed by atoms with Crippen molar-refractivity contribution in [3.63, 3.8) is 0 Å². The Morgan fingerprint density at radius 2 is 1.31 bits per heavy atom. The van der Waals surface area contributed by atoms with E-state index in [0.29, 0.717) is 22.1 Å². The van der Waals surface area contributed by atoms with Crippen molar-refractivity contribution in [2.75, 3.05) is 0 Å². The summed E-state index contributed by atoms with van der Waals surface area (Å²) in [4.78, 5) is 42.9. The fourth-order valence-corrected chi connectivity index (χ4v) is 3.31. The van der Waals surface area contributed by atoms with E-state index in [1.807, 2.05) is 18.2 Å². The molecule has 0 unspecified atom stereocenters. The fourth-order valence-electron chi connectivity index (χ4n) is 3.31. The number of hydrogen-bond acceptors (Lipinski definition) is 6. The highest BCUT2D eigenvalue weighted by Gasteiger charge is 2.17. The van der Waals surface area contributed by atoms with E-state index in [1.165, 1.54) is 11.6 Å². The van der Waals surface area contributed by atoms with Gasteiger partial charge in [-0.2, -0.15) is 0 Å². The van der Waals surface area contributed by atoms with E-state index < -0.39 is 11.2 Å². The second kappa shape index (κ2) is 4.92. The molecule has 0 N–H and O–H groups in total. The molecule has 0 saturated heterocycles. The number of pyridine rings is 2. The lowest BCUT2D eigenvalue weighted by atomic mass is 10.1. The topological polar surface area (TPSA) is 95.6 Å². The molecule has 0 amide bonds. The van der Waals surface area contributed by atoms with Crippen molar-refractivity contribution in [1.82, 2.24) is 29.1 Å². The number of aryl methyl sites for hydroxylation is 1. The molecule has 5 aromatic rings. The molecule has 8 heteroatoms. The number of hydrogen-bond donors (Lipinski definition) is 0. The third-order valence-corrected chi connectivity index (χ3v) is 4.63. The molecule has 0 atom stereocenters. The Labute approximate surface area is 145 Å². The van der Waals surface area contributed by atoms with Crippen LogP contribution in [0.1, 0.15) is 0 Å². The molecule has 4 aromatic heterocycles. The van der Waals surface area contributed by atoms with Gasteiger partial charge in [-0.3, -0.25) is 23.9 Å². The number of benzene rings is 1. The molecule has 0 bridgehead atoms. The highest BCUT2D eigenvalue weighted by atomic mass is 16.2. The molecule has 5 rings (SSSR count). The average Bonchev–Trinajstić information content (AvgIpc) is 2.70. The van der Waals surface area contributed by atoms with E-state index in [9.17, 15) is 9.59 Å². The number of fused-ring (bicyclic) bond motifs is 7. The SMILES string of the molecule is Cn1c(=O)c2nc3c4cccnc4c4ncccc4c3nc2n(C)c1=O. The summed E-state index contributed by atoms with van der Waals surface area (Å²) in [5, 5.41) is 1.54. The zero-order valence-corrected chi connectivity index (χ0v) is 14.0. The van der Waals surface area contributed by atoms with Gasteiger partial charge < -0.3 is 0 Å². The van der Waals surface area contributed by atoms with Crippen LogP contribution in [0.2, 0.25) is 0 Å². The van der Waals surface area contributed by atoms with Crippen LogP contribution in [-0.2, 0) is 14.1 Å². The first-order valence-corrected chi connectivity index (χ1v) is 7.97. The van der Waals surface area contributed by atoms with Gasteiger partial charge in [0.25, 0.3) is 5.56 Å². The van der Waals surface area contributed by atoms with Gasteiger partial charge in [-0.1, -0.05) is 0 Å². The van der Waals surface area contributed by atoms with Gasteiger partial charge in [0, 0.05) is 37.3 Å². The van der Waals surface area contributed by atoms with E-state index in [2.05, 4.69) is 19.9 Å². The van der Waals surface area contributed by atoms with Crippen LogP contribution in [-0.4, -0.2) is 29.1 Å². The lowest BCUT2D eigenvalue weighted by Gasteiger charge is -2.10. The third kappa shape index (κ3) is 1.72. The van der Waals surface area contributed by atoms with Crippen LogP contribution in [0.5, 0.6) is 0 Å². The Hall–Kier alpha value is -3.68. The molecule has 0 aliphatic heterocycles. The van der Waals surface area contributed by atoms with Gasteiger partial charge in [-0.25, -0.2) is 14.8 Å². The molecule has 4 heterocycles. The van der Waals surface area contributed by atoms with Crippen molar-refractivity contribution in [2.24, 2.45) is 14.1 Å². The minimum absolute atomic E-state index is 0.149. The molecular weight excluding hydrogens is 332 g/mol. The highest BCUT2D eigenvalue weighted by Crippen LogP contribution is 2.30.